The summed E-state index contributed by atoms with van der Waals surface area (Å²) in [6.07, 6.45) is -1.28. The van der Waals surface area contributed by atoms with E-state index in [1.54, 1.807) is 7.11 Å². The van der Waals surface area contributed by atoms with Crippen molar-refractivity contribution in [2.75, 3.05) is 12.4 Å². The minimum atomic E-state index is -1.02. The molecule has 0 amide bonds. The molecule has 0 aliphatic rings. The Morgan fingerprint density at radius 3 is 2.67 bits per heavy atom. The molecule has 2 aromatic rings. The summed E-state index contributed by atoms with van der Waals surface area (Å²) in [5.41, 5.74) is 1.84. The van der Waals surface area contributed by atoms with Crippen LogP contribution in [-0.2, 0) is 11.3 Å². The number of anilines is 1. The summed E-state index contributed by atoms with van der Waals surface area (Å²) in [5.74, 6) is -0.219. The minimum Gasteiger partial charge on any atom is -0.497 e. The fraction of sp³-hybridized carbons (Fsp3) is 0.267. The van der Waals surface area contributed by atoms with Crippen molar-refractivity contribution in [3.8, 4) is 5.75 Å². The second-order valence-electron chi connectivity index (χ2n) is 4.51. The summed E-state index contributed by atoms with van der Waals surface area (Å²) in [7, 11) is 1.62. The molecule has 0 saturated carbocycles. The average molecular weight is 307 g/mol. The van der Waals surface area contributed by atoms with E-state index in [0.29, 0.717) is 11.4 Å². The number of hydrogen-bond donors (Lipinski definition) is 3. The number of aliphatic carboxylic acids is 1. The summed E-state index contributed by atoms with van der Waals surface area (Å²) in [6.45, 7) is 0.591. The van der Waals surface area contributed by atoms with Crippen LogP contribution in [0.15, 0.2) is 35.7 Å². The van der Waals surface area contributed by atoms with Crippen LogP contribution in [0.3, 0.4) is 0 Å². The van der Waals surface area contributed by atoms with Gasteiger partial charge in [-0.25, -0.2) is 0 Å². The number of aliphatic hydroxyl groups is 1. The summed E-state index contributed by atoms with van der Waals surface area (Å²) in [4.78, 5) is 11.3. The number of benzene rings is 1. The molecular formula is C15H17NO4S. The fourth-order valence-corrected chi connectivity index (χ4v) is 2.78. The van der Waals surface area contributed by atoms with Gasteiger partial charge in [0.25, 0.3) is 0 Å². The third kappa shape index (κ3) is 4.21. The van der Waals surface area contributed by atoms with Gasteiger partial charge in [-0.05, 0) is 29.1 Å². The molecule has 1 aromatic carbocycles. The lowest BCUT2D eigenvalue weighted by atomic mass is 10.2. The molecule has 0 radical (unpaired) electrons. The van der Waals surface area contributed by atoms with Crippen LogP contribution >= 0.6 is 11.3 Å². The van der Waals surface area contributed by atoms with Gasteiger partial charge in [-0.15, -0.1) is 11.3 Å². The number of hydrogen-bond acceptors (Lipinski definition) is 5. The predicted molar refractivity (Wildman–Crippen MR) is 81.9 cm³/mol. The molecule has 0 saturated heterocycles. The highest BCUT2D eigenvalue weighted by Gasteiger charge is 2.17. The Labute approximate surface area is 126 Å². The summed E-state index contributed by atoms with van der Waals surface area (Å²) in [5, 5.41) is 23.7. The summed E-state index contributed by atoms with van der Waals surface area (Å²) in [6, 6.07) is 9.50. The zero-order valence-corrected chi connectivity index (χ0v) is 12.4. The van der Waals surface area contributed by atoms with Gasteiger partial charge in [-0.3, -0.25) is 4.79 Å². The van der Waals surface area contributed by atoms with Gasteiger partial charge >= 0.3 is 5.97 Å². The molecule has 0 aliphatic heterocycles. The van der Waals surface area contributed by atoms with Gasteiger partial charge < -0.3 is 20.3 Å². The van der Waals surface area contributed by atoms with Gasteiger partial charge in [0.05, 0.1) is 24.1 Å². The van der Waals surface area contributed by atoms with Crippen molar-refractivity contribution in [3.05, 3.63) is 46.2 Å². The Bertz CT molecular complexity index is 594. The molecule has 0 bridgehead atoms. The van der Waals surface area contributed by atoms with E-state index in [0.717, 1.165) is 17.0 Å². The third-order valence-electron chi connectivity index (χ3n) is 3.01. The molecule has 112 valence electrons. The van der Waals surface area contributed by atoms with Crippen LogP contribution in [0.5, 0.6) is 5.75 Å². The zero-order chi connectivity index (χ0) is 15.2. The quantitative estimate of drug-likeness (QED) is 0.733. The Morgan fingerprint density at radius 1 is 1.33 bits per heavy atom. The predicted octanol–water partition coefficient (Wildman–Crippen LogP) is 2.88. The summed E-state index contributed by atoms with van der Waals surface area (Å²) < 4.78 is 5.10. The maximum atomic E-state index is 10.7. The van der Waals surface area contributed by atoms with Crippen molar-refractivity contribution >= 4 is 23.0 Å². The number of ether oxygens (including phenoxy) is 1. The van der Waals surface area contributed by atoms with E-state index in [1.807, 2.05) is 35.7 Å². The molecule has 3 N–H and O–H groups in total. The Hall–Kier alpha value is -2.05. The lowest BCUT2D eigenvalue weighted by Crippen LogP contribution is -2.07. The number of carboxylic acids is 1. The topological polar surface area (TPSA) is 78.8 Å². The normalized spacial score (nSPS) is 11.9. The van der Waals surface area contributed by atoms with Gasteiger partial charge in [0.2, 0.25) is 0 Å². The molecule has 2 rings (SSSR count). The zero-order valence-electron chi connectivity index (χ0n) is 11.6. The van der Waals surface area contributed by atoms with Crippen LogP contribution in [0.4, 0.5) is 5.69 Å². The van der Waals surface area contributed by atoms with Crippen molar-refractivity contribution in [3.63, 3.8) is 0 Å². The number of carboxylic acid groups (broad SMARTS) is 1. The van der Waals surface area contributed by atoms with E-state index in [1.165, 1.54) is 11.3 Å². The van der Waals surface area contributed by atoms with Crippen molar-refractivity contribution in [2.24, 2.45) is 0 Å². The molecule has 1 unspecified atom stereocenters. The molecule has 0 aliphatic carbocycles. The Kier molecular flexibility index (Phi) is 5.19. The molecular weight excluding hydrogens is 290 g/mol. The molecule has 0 fully saturated rings. The van der Waals surface area contributed by atoms with Gasteiger partial charge in [0.15, 0.2) is 0 Å². The SMILES string of the molecule is COc1ccc(CNc2ccsc2C(O)CC(=O)O)cc1. The number of carbonyl (C=O) groups is 1. The fourth-order valence-electron chi connectivity index (χ4n) is 1.92. The first kappa shape index (κ1) is 15.3. The van der Waals surface area contributed by atoms with E-state index in [4.69, 9.17) is 9.84 Å². The van der Waals surface area contributed by atoms with E-state index < -0.39 is 12.1 Å². The van der Waals surface area contributed by atoms with Crippen LogP contribution in [0.2, 0.25) is 0 Å². The van der Waals surface area contributed by atoms with E-state index in [9.17, 15) is 9.90 Å². The Morgan fingerprint density at radius 2 is 2.05 bits per heavy atom. The van der Waals surface area contributed by atoms with Crippen LogP contribution in [0.25, 0.3) is 0 Å². The second kappa shape index (κ2) is 7.10. The van der Waals surface area contributed by atoms with Gasteiger partial charge in [-0.1, -0.05) is 12.1 Å². The van der Waals surface area contributed by atoms with Gasteiger partial charge in [0, 0.05) is 6.54 Å². The first-order valence-electron chi connectivity index (χ1n) is 6.44. The first-order chi connectivity index (χ1) is 10.1. The molecule has 21 heavy (non-hydrogen) atoms. The van der Waals surface area contributed by atoms with Crippen molar-refractivity contribution in [1.82, 2.24) is 0 Å². The average Bonchev–Trinajstić information content (AvgIpc) is 2.93. The van der Waals surface area contributed by atoms with Crippen LogP contribution in [0.1, 0.15) is 23.0 Å². The van der Waals surface area contributed by atoms with Gasteiger partial charge in [-0.2, -0.15) is 0 Å². The van der Waals surface area contributed by atoms with Crippen molar-refractivity contribution in [1.29, 1.82) is 0 Å². The maximum absolute atomic E-state index is 10.7. The van der Waals surface area contributed by atoms with Crippen LogP contribution in [-0.4, -0.2) is 23.3 Å². The lowest BCUT2D eigenvalue weighted by Gasteiger charge is -2.11. The number of thiophene rings is 1. The highest BCUT2D eigenvalue weighted by molar-refractivity contribution is 7.10. The number of aliphatic hydroxyl groups excluding tert-OH is 1. The number of nitrogens with one attached hydrogen (secondary N) is 1. The highest BCUT2D eigenvalue weighted by Crippen LogP contribution is 2.31. The summed E-state index contributed by atoms with van der Waals surface area (Å²) >= 11 is 1.35. The molecule has 1 aromatic heterocycles. The minimum absolute atomic E-state index is 0.294. The first-order valence-corrected chi connectivity index (χ1v) is 7.32. The standard InChI is InChI=1S/C15H17NO4S/c1-20-11-4-2-10(3-5-11)9-16-12-6-7-21-15(12)13(17)8-14(18)19/h2-7,13,16-17H,8-9H2,1H3,(H,18,19). The van der Waals surface area contributed by atoms with Crippen molar-refractivity contribution in [2.45, 2.75) is 19.1 Å². The van der Waals surface area contributed by atoms with Crippen molar-refractivity contribution < 1.29 is 19.7 Å². The van der Waals surface area contributed by atoms with E-state index in [2.05, 4.69) is 5.32 Å². The highest BCUT2D eigenvalue weighted by atomic mass is 32.1. The Balaban J connectivity index is 2.00. The molecule has 6 heteroatoms. The molecule has 1 heterocycles. The molecule has 1 atom stereocenters. The number of methoxy groups -OCH3 is 1. The van der Waals surface area contributed by atoms with E-state index >= 15 is 0 Å². The second-order valence-corrected chi connectivity index (χ2v) is 5.46. The van der Waals surface area contributed by atoms with Crippen LogP contribution < -0.4 is 10.1 Å². The van der Waals surface area contributed by atoms with Crippen LogP contribution in [0, 0.1) is 0 Å². The molecule has 5 nitrogen and oxygen atoms in total. The van der Waals surface area contributed by atoms with E-state index in [-0.39, 0.29) is 6.42 Å². The lowest BCUT2D eigenvalue weighted by molar-refractivity contribution is -0.139. The maximum Gasteiger partial charge on any atom is 0.306 e. The largest absolute Gasteiger partial charge is 0.497 e. The smallest absolute Gasteiger partial charge is 0.306 e. The number of rotatable bonds is 7. The molecule has 0 spiro atoms. The third-order valence-corrected chi connectivity index (χ3v) is 4.03. The monoisotopic (exact) mass is 307 g/mol. The van der Waals surface area contributed by atoms with Gasteiger partial charge in [0.1, 0.15) is 11.9 Å².